The highest BCUT2D eigenvalue weighted by atomic mass is 16.6. The van der Waals surface area contributed by atoms with Gasteiger partial charge in [0.1, 0.15) is 0 Å². The molecule has 0 aromatic rings. The second kappa shape index (κ2) is 13.2. The van der Waals surface area contributed by atoms with Crippen molar-refractivity contribution in [2.75, 3.05) is 13.2 Å². The van der Waals surface area contributed by atoms with Gasteiger partial charge in [-0.05, 0) is 18.8 Å². The number of aliphatic hydroxyl groups is 2. The SMILES string of the molecule is CC(CO)CCCCCCO.O=C(O)O. The predicted octanol–water partition coefficient (Wildman–Crippen LogP) is 1.78. The van der Waals surface area contributed by atoms with Gasteiger partial charge < -0.3 is 20.4 Å². The van der Waals surface area contributed by atoms with E-state index in [-0.39, 0.29) is 0 Å². The maximum Gasteiger partial charge on any atom is 0.503 e. The summed E-state index contributed by atoms with van der Waals surface area (Å²) in [6.07, 6.45) is 3.69. The number of hydrogen-bond acceptors (Lipinski definition) is 3. The van der Waals surface area contributed by atoms with Crippen LogP contribution in [0.25, 0.3) is 0 Å². The molecule has 0 amide bonds. The van der Waals surface area contributed by atoms with Gasteiger partial charge in [0.05, 0.1) is 0 Å². The third-order valence-electron chi connectivity index (χ3n) is 1.92. The number of unbranched alkanes of at least 4 members (excludes halogenated alkanes) is 3. The van der Waals surface area contributed by atoms with Crippen LogP contribution in [0.15, 0.2) is 0 Å². The average molecular weight is 222 g/mol. The lowest BCUT2D eigenvalue weighted by Crippen LogP contribution is -1.99. The monoisotopic (exact) mass is 222 g/mol. The lowest BCUT2D eigenvalue weighted by molar-refractivity contribution is 0.137. The first-order valence-corrected chi connectivity index (χ1v) is 5.18. The molecule has 0 rings (SSSR count). The Labute approximate surface area is 90.4 Å². The first-order valence-electron chi connectivity index (χ1n) is 5.18. The number of hydrogen-bond donors (Lipinski definition) is 4. The topological polar surface area (TPSA) is 98.0 Å². The summed E-state index contributed by atoms with van der Waals surface area (Å²) < 4.78 is 0. The van der Waals surface area contributed by atoms with E-state index in [4.69, 9.17) is 25.2 Å². The molecule has 0 aromatic carbocycles. The fraction of sp³-hybridized carbons (Fsp3) is 0.900. The van der Waals surface area contributed by atoms with Crippen molar-refractivity contribution in [3.8, 4) is 0 Å². The molecule has 0 bridgehead atoms. The Hall–Kier alpha value is -0.810. The van der Waals surface area contributed by atoms with Gasteiger partial charge in [0.15, 0.2) is 0 Å². The summed E-state index contributed by atoms with van der Waals surface area (Å²) in [7, 11) is 0. The summed E-state index contributed by atoms with van der Waals surface area (Å²) in [6, 6.07) is 0. The molecule has 0 fully saturated rings. The number of carboxylic acid groups (broad SMARTS) is 2. The lowest BCUT2D eigenvalue weighted by Gasteiger charge is -2.05. The van der Waals surface area contributed by atoms with Crippen molar-refractivity contribution >= 4 is 6.16 Å². The molecule has 0 spiro atoms. The molecule has 92 valence electrons. The Morgan fingerprint density at radius 3 is 1.93 bits per heavy atom. The molecule has 0 saturated heterocycles. The van der Waals surface area contributed by atoms with Gasteiger partial charge in [0.25, 0.3) is 0 Å². The minimum absolute atomic E-state index is 0.306. The Bertz CT molecular complexity index is 134. The van der Waals surface area contributed by atoms with Crippen molar-refractivity contribution in [2.24, 2.45) is 5.92 Å². The fourth-order valence-corrected chi connectivity index (χ4v) is 1.05. The van der Waals surface area contributed by atoms with Gasteiger partial charge in [-0.15, -0.1) is 0 Å². The number of aliphatic hydroxyl groups excluding tert-OH is 2. The fourth-order valence-electron chi connectivity index (χ4n) is 1.05. The van der Waals surface area contributed by atoms with Gasteiger partial charge in [0.2, 0.25) is 0 Å². The van der Waals surface area contributed by atoms with Crippen molar-refractivity contribution in [3.05, 3.63) is 0 Å². The third-order valence-corrected chi connectivity index (χ3v) is 1.92. The van der Waals surface area contributed by atoms with Crippen LogP contribution in [0.2, 0.25) is 0 Å². The normalized spacial score (nSPS) is 11.4. The minimum atomic E-state index is -1.83. The van der Waals surface area contributed by atoms with E-state index in [9.17, 15) is 0 Å². The highest BCUT2D eigenvalue weighted by Crippen LogP contribution is 2.09. The molecule has 0 radical (unpaired) electrons. The van der Waals surface area contributed by atoms with Crippen LogP contribution >= 0.6 is 0 Å². The molecule has 1 unspecified atom stereocenters. The molecule has 5 heteroatoms. The molecule has 0 aromatic heterocycles. The third kappa shape index (κ3) is 24.6. The van der Waals surface area contributed by atoms with Crippen molar-refractivity contribution in [1.29, 1.82) is 0 Å². The van der Waals surface area contributed by atoms with E-state index < -0.39 is 6.16 Å². The first kappa shape index (κ1) is 16.6. The van der Waals surface area contributed by atoms with Gasteiger partial charge in [-0.1, -0.05) is 26.2 Å². The van der Waals surface area contributed by atoms with Crippen LogP contribution in [-0.4, -0.2) is 39.8 Å². The van der Waals surface area contributed by atoms with Crippen LogP contribution < -0.4 is 0 Å². The van der Waals surface area contributed by atoms with Gasteiger partial charge in [0, 0.05) is 13.2 Å². The second-order valence-electron chi connectivity index (χ2n) is 3.50. The van der Waals surface area contributed by atoms with Gasteiger partial charge in [-0.3, -0.25) is 0 Å². The summed E-state index contributed by atoms with van der Waals surface area (Å²) in [5.74, 6) is 0.448. The summed E-state index contributed by atoms with van der Waals surface area (Å²) in [6.45, 7) is 2.68. The number of carbonyl (C=O) groups is 1. The van der Waals surface area contributed by atoms with E-state index in [0.717, 1.165) is 19.3 Å². The highest BCUT2D eigenvalue weighted by molar-refractivity contribution is 5.53. The number of rotatable bonds is 7. The predicted molar refractivity (Wildman–Crippen MR) is 57.1 cm³/mol. The van der Waals surface area contributed by atoms with Crippen LogP contribution in [0.1, 0.15) is 39.0 Å². The van der Waals surface area contributed by atoms with Crippen molar-refractivity contribution in [3.63, 3.8) is 0 Å². The zero-order chi connectivity index (χ0) is 12.1. The maximum absolute atomic E-state index is 8.70. The van der Waals surface area contributed by atoms with Crippen molar-refractivity contribution in [1.82, 2.24) is 0 Å². The first-order chi connectivity index (χ1) is 7.04. The molecule has 4 N–H and O–H groups in total. The van der Waals surface area contributed by atoms with Crippen LogP contribution in [0.3, 0.4) is 0 Å². The molecule has 1 atom stereocenters. The van der Waals surface area contributed by atoms with Crippen molar-refractivity contribution < 1.29 is 25.2 Å². The van der Waals surface area contributed by atoms with Crippen LogP contribution in [0.5, 0.6) is 0 Å². The molecule has 0 heterocycles. The minimum Gasteiger partial charge on any atom is -0.450 e. The maximum atomic E-state index is 8.70. The van der Waals surface area contributed by atoms with Crippen LogP contribution in [0, 0.1) is 5.92 Å². The van der Waals surface area contributed by atoms with E-state index in [1.165, 1.54) is 12.8 Å². The zero-order valence-corrected chi connectivity index (χ0v) is 9.22. The summed E-state index contributed by atoms with van der Waals surface area (Å²) in [4.78, 5) is 8.56. The molecule has 0 aliphatic heterocycles. The van der Waals surface area contributed by atoms with E-state index in [1.807, 2.05) is 0 Å². The van der Waals surface area contributed by atoms with Crippen LogP contribution in [0.4, 0.5) is 4.79 Å². The lowest BCUT2D eigenvalue weighted by atomic mass is 10.0. The zero-order valence-electron chi connectivity index (χ0n) is 9.22. The van der Waals surface area contributed by atoms with E-state index in [1.54, 1.807) is 0 Å². The van der Waals surface area contributed by atoms with E-state index in [0.29, 0.717) is 19.1 Å². The van der Waals surface area contributed by atoms with E-state index in [2.05, 4.69) is 6.92 Å². The largest absolute Gasteiger partial charge is 0.503 e. The molecule has 0 aliphatic carbocycles. The Kier molecular flexibility index (Phi) is 14.6. The second-order valence-corrected chi connectivity index (χ2v) is 3.50. The Balaban J connectivity index is 0. The Morgan fingerprint density at radius 2 is 1.53 bits per heavy atom. The summed E-state index contributed by atoms with van der Waals surface area (Å²) in [5, 5.41) is 31.1. The molecule has 15 heavy (non-hydrogen) atoms. The Morgan fingerprint density at radius 1 is 1.07 bits per heavy atom. The quantitative estimate of drug-likeness (QED) is 0.492. The molecular weight excluding hydrogens is 200 g/mol. The molecular formula is C10H22O5. The van der Waals surface area contributed by atoms with Gasteiger partial charge in [-0.25, -0.2) is 4.79 Å². The standard InChI is InChI=1S/C9H20O2.CH2O3/c1-9(8-11)6-4-2-3-5-7-10;2-1(3)4/h9-11H,2-8H2,1H3;(H2,2,3,4). The smallest absolute Gasteiger partial charge is 0.450 e. The summed E-state index contributed by atoms with van der Waals surface area (Å²) in [5.41, 5.74) is 0. The highest BCUT2D eigenvalue weighted by Gasteiger charge is 1.98. The van der Waals surface area contributed by atoms with Crippen molar-refractivity contribution in [2.45, 2.75) is 39.0 Å². The average Bonchev–Trinajstić information content (AvgIpc) is 2.16. The van der Waals surface area contributed by atoms with Gasteiger partial charge >= 0.3 is 6.16 Å². The van der Waals surface area contributed by atoms with E-state index >= 15 is 0 Å². The molecule has 0 saturated carbocycles. The van der Waals surface area contributed by atoms with Gasteiger partial charge in [-0.2, -0.15) is 0 Å². The van der Waals surface area contributed by atoms with Crippen LogP contribution in [-0.2, 0) is 0 Å². The molecule has 0 aliphatic rings. The molecule has 5 nitrogen and oxygen atoms in total. The summed E-state index contributed by atoms with van der Waals surface area (Å²) >= 11 is 0.